The number of hydrogen-bond donors (Lipinski definition) is 2. The highest BCUT2D eigenvalue weighted by molar-refractivity contribution is 7.89. The van der Waals surface area contributed by atoms with Crippen LogP contribution in [0.2, 0.25) is 0 Å². The highest BCUT2D eigenvalue weighted by atomic mass is 32.2. The number of aliphatic imine (C=N–C) groups is 1. The zero-order valence-electron chi connectivity index (χ0n) is 17.3. The summed E-state index contributed by atoms with van der Waals surface area (Å²) in [5.41, 5.74) is 0.848. The second-order valence-electron chi connectivity index (χ2n) is 7.23. The Balaban J connectivity index is 2.08. The first-order valence-electron chi connectivity index (χ1n) is 9.63. The van der Waals surface area contributed by atoms with Crippen LogP contribution < -0.4 is 10.5 Å². The number of rotatable bonds is 8. The van der Waals surface area contributed by atoms with Crippen LogP contribution in [0.15, 0.2) is 34.2 Å². The summed E-state index contributed by atoms with van der Waals surface area (Å²) in [6.45, 7) is 5.55. The molecule has 0 aliphatic carbocycles. The van der Waals surface area contributed by atoms with Gasteiger partial charge >= 0.3 is 0 Å². The number of likely N-dealkylation sites (N-methyl/N-ethyl adjacent to an activating group) is 1. The Labute approximate surface area is 173 Å². The molecule has 1 saturated heterocycles. The monoisotopic (exact) mass is 425 g/mol. The van der Waals surface area contributed by atoms with Crippen LogP contribution in [-0.4, -0.2) is 77.0 Å². The predicted molar refractivity (Wildman–Crippen MR) is 112 cm³/mol. The van der Waals surface area contributed by atoms with E-state index in [1.54, 1.807) is 26.2 Å². The molecule has 0 bridgehead atoms. The molecule has 10 heteroatoms. The number of carbonyl (C=O) groups excluding carboxylic acids is 1. The van der Waals surface area contributed by atoms with Gasteiger partial charge in [-0.1, -0.05) is 12.1 Å². The Morgan fingerprint density at radius 1 is 1.34 bits per heavy atom. The van der Waals surface area contributed by atoms with Gasteiger partial charge in [0.15, 0.2) is 5.96 Å². The zero-order chi connectivity index (χ0) is 21.4. The van der Waals surface area contributed by atoms with Gasteiger partial charge < -0.3 is 19.9 Å². The topological polar surface area (TPSA) is 117 Å². The van der Waals surface area contributed by atoms with Gasteiger partial charge in [-0.3, -0.25) is 4.79 Å². The van der Waals surface area contributed by atoms with Crippen molar-refractivity contribution >= 4 is 21.9 Å². The van der Waals surface area contributed by atoms with Crippen molar-refractivity contribution in [2.45, 2.75) is 24.8 Å². The molecule has 9 nitrogen and oxygen atoms in total. The van der Waals surface area contributed by atoms with Crippen LogP contribution in [0.4, 0.5) is 0 Å². The van der Waals surface area contributed by atoms with Crippen molar-refractivity contribution in [1.29, 1.82) is 0 Å². The van der Waals surface area contributed by atoms with Crippen molar-refractivity contribution in [3.8, 4) is 0 Å². The Hall–Kier alpha value is -2.17. The third-order valence-electron chi connectivity index (χ3n) is 4.70. The van der Waals surface area contributed by atoms with Gasteiger partial charge in [0.05, 0.1) is 24.6 Å². The van der Waals surface area contributed by atoms with Crippen LogP contribution in [-0.2, 0) is 26.1 Å². The zero-order valence-corrected chi connectivity index (χ0v) is 18.1. The molecule has 1 heterocycles. The van der Waals surface area contributed by atoms with Crippen LogP contribution >= 0.6 is 0 Å². The first kappa shape index (κ1) is 23.1. The maximum absolute atomic E-state index is 12.0. The summed E-state index contributed by atoms with van der Waals surface area (Å²) in [6.07, 6.45) is 1.01. The molecule has 1 amide bonds. The summed E-state index contributed by atoms with van der Waals surface area (Å²) < 4.78 is 28.3. The van der Waals surface area contributed by atoms with E-state index in [0.717, 1.165) is 25.1 Å². The minimum absolute atomic E-state index is 0.0414. The van der Waals surface area contributed by atoms with E-state index in [4.69, 9.17) is 9.88 Å². The Bertz CT molecular complexity index is 808. The van der Waals surface area contributed by atoms with Gasteiger partial charge in [-0.2, -0.15) is 0 Å². The van der Waals surface area contributed by atoms with Gasteiger partial charge in [-0.15, -0.1) is 0 Å². The number of carbonyl (C=O) groups is 1. The summed E-state index contributed by atoms with van der Waals surface area (Å²) in [7, 11) is -0.294. The van der Waals surface area contributed by atoms with Crippen LogP contribution in [0.1, 0.15) is 18.9 Å². The van der Waals surface area contributed by atoms with E-state index in [1.807, 2.05) is 6.92 Å². The van der Waals surface area contributed by atoms with Crippen molar-refractivity contribution in [1.82, 2.24) is 15.1 Å². The van der Waals surface area contributed by atoms with E-state index < -0.39 is 10.0 Å². The van der Waals surface area contributed by atoms with E-state index in [9.17, 15) is 13.2 Å². The lowest BCUT2D eigenvalue weighted by atomic mass is 10.1. The predicted octanol–water partition coefficient (Wildman–Crippen LogP) is 0.226. The summed E-state index contributed by atoms with van der Waals surface area (Å²) in [5, 5.41) is 8.29. The van der Waals surface area contributed by atoms with Crippen LogP contribution in [0, 0.1) is 5.92 Å². The second-order valence-corrected chi connectivity index (χ2v) is 8.79. The van der Waals surface area contributed by atoms with Crippen molar-refractivity contribution in [3.05, 3.63) is 29.8 Å². The molecule has 0 saturated carbocycles. The molecule has 29 heavy (non-hydrogen) atoms. The normalized spacial score (nSPS) is 17.4. The fourth-order valence-corrected chi connectivity index (χ4v) is 3.49. The molecule has 0 spiro atoms. The van der Waals surface area contributed by atoms with Crippen LogP contribution in [0.5, 0.6) is 0 Å². The van der Waals surface area contributed by atoms with Crippen molar-refractivity contribution in [2.75, 3.05) is 46.9 Å². The van der Waals surface area contributed by atoms with Gasteiger partial charge in [0, 0.05) is 39.7 Å². The molecule has 2 rings (SSSR count). The first-order valence-corrected chi connectivity index (χ1v) is 11.2. The molecule has 0 radical (unpaired) electrons. The molecule has 3 N–H and O–H groups in total. The number of sulfonamides is 1. The van der Waals surface area contributed by atoms with E-state index in [1.165, 1.54) is 17.0 Å². The van der Waals surface area contributed by atoms with Crippen molar-refractivity contribution in [3.63, 3.8) is 0 Å². The number of guanidine groups is 1. The number of hydrogen-bond acceptors (Lipinski definition) is 5. The average Bonchev–Trinajstić information content (AvgIpc) is 3.14. The highest BCUT2D eigenvalue weighted by Crippen LogP contribution is 2.17. The Kier molecular flexibility index (Phi) is 8.42. The summed E-state index contributed by atoms with van der Waals surface area (Å²) >= 11 is 0. The maximum atomic E-state index is 12.0. The molecule has 1 fully saturated rings. The van der Waals surface area contributed by atoms with Crippen molar-refractivity contribution in [2.24, 2.45) is 16.0 Å². The number of primary sulfonamides is 1. The lowest BCUT2D eigenvalue weighted by molar-refractivity contribution is -0.127. The van der Waals surface area contributed by atoms with Gasteiger partial charge in [0.25, 0.3) is 0 Å². The third kappa shape index (κ3) is 7.30. The largest absolute Gasteiger partial charge is 0.381 e. The summed E-state index contributed by atoms with van der Waals surface area (Å²) in [6, 6.07) is 6.31. The van der Waals surface area contributed by atoms with Gasteiger partial charge in [-0.05, 0) is 31.0 Å². The lowest BCUT2D eigenvalue weighted by Crippen LogP contribution is -2.44. The number of amides is 1. The van der Waals surface area contributed by atoms with E-state index in [0.29, 0.717) is 31.6 Å². The number of nitrogens with one attached hydrogen (secondary N) is 1. The van der Waals surface area contributed by atoms with E-state index in [2.05, 4.69) is 15.2 Å². The minimum atomic E-state index is -3.71. The number of benzene rings is 1. The fourth-order valence-electron chi connectivity index (χ4n) is 2.98. The molecular weight excluding hydrogens is 394 g/mol. The van der Waals surface area contributed by atoms with Crippen molar-refractivity contribution < 1.29 is 17.9 Å². The molecule has 1 atom stereocenters. The van der Waals surface area contributed by atoms with E-state index >= 15 is 0 Å². The number of nitrogens with two attached hydrogens (primary N) is 1. The third-order valence-corrected chi connectivity index (χ3v) is 5.63. The molecule has 1 aliphatic heterocycles. The molecule has 1 aliphatic rings. The van der Waals surface area contributed by atoms with Gasteiger partial charge in [0.2, 0.25) is 15.9 Å². The van der Waals surface area contributed by atoms with Crippen LogP contribution in [0.3, 0.4) is 0 Å². The molecular formula is C19H31N5O4S. The number of ether oxygens (including phenoxy) is 1. The minimum Gasteiger partial charge on any atom is -0.381 e. The quantitative estimate of drug-likeness (QED) is 0.455. The Morgan fingerprint density at radius 2 is 2.03 bits per heavy atom. The van der Waals surface area contributed by atoms with E-state index in [-0.39, 0.29) is 17.3 Å². The molecule has 162 valence electrons. The fraction of sp³-hybridized carbons (Fsp3) is 0.579. The number of likely N-dealkylation sites (tertiary alicyclic amines) is 1. The molecule has 0 aromatic heterocycles. The van der Waals surface area contributed by atoms with Gasteiger partial charge in [0.1, 0.15) is 0 Å². The Morgan fingerprint density at radius 3 is 2.62 bits per heavy atom. The summed E-state index contributed by atoms with van der Waals surface area (Å²) in [4.78, 5) is 20.4. The summed E-state index contributed by atoms with van der Waals surface area (Å²) in [5.74, 6) is 1.05. The highest BCUT2D eigenvalue weighted by Gasteiger charge is 2.25. The van der Waals surface area contributed by atoms with Crippen LogP contribution in [0.25, 0.3) is 0 Å². The average molecular weight is 426 g/mol. The second kappa shape index (κ2) is 10.6. The maximum Gasteiger partial charge on any atom is 0.241 e. The molecule has 1 unspecified atom stereocenters. The van der Waals surface area contributed by atoms with Gasteiger partial charge in [-0.25, -0.2) is 18.5 Å². The lowest BCUT2D eigenvalue weighted by Gasteiger charge is -2.23. The molecule has 1 aromatic rings. The smallest absolute Gasteiger partial charge is 0.241 e. The first-order chi connectivity index (χ1) is 13.7. The standard InChI is InChI=1S/C19H31N5O4S/c1-4-28-14-16-9-10-24(13-16)19(22-12-18(25)23(2)3)21-11-15-5-7-17(8-6-15)29(20,26)27/h5-8,16H,4,9-14H2,1-3H3,(H,21,22)(H2,20,26,27). The molecule has 1 aromatic carbocycles. The number of nitrogens with zero attached hydrogens (tertiary/aromatic N) is 3. The SMILES string of the molecule is CCOCC1CCN(C(=NCc2ccc(S(N)(=O)=O)cc2)NCC(=O)N(C)C)C1.